The van der Waals surface area contributed by atoms with Crippen LogP contribution in [-0.2, 0) is 25.9 Å². The molecule has 3 heterocycles. The molecule has 144 valence electrons. The predicted molar refractivity (Wildman–Crippen MR) is 104 cm³/mol. The number of hydrogen-bond acceptors (Lipinski definition) is 4. The van der Waals surface area contributed by atoms with Crippen molar-refractivity contribution in [1.82, 2.24) is 25.0 Å². The van der Waals surface area contributed by atoms with Gasteiger partial charge in [0.25, 0.3) is 5.91 Å². The highest BCUT2D eigenvalue weighted by atomic mass is 16.2. The minimum Gasteiger partial charge on any atom is -0.347 e. The summed E-state index contributed by atoms with van der Waals surface area (Å²) < 4.78 is 2.04. The van der Waals surface area contributed by atoms with Crippen LogP contribution in [0.5, 0.6) is 0 Å². The molecule has 1 N–H and O–H groups in total. The van der Waals surface area contributed by atoms with E-state index in [1.807, 2.05) is 18.4 Å². The van der Waals surface area contributed by atoms with Crippen LogP contribution in [0.3, 0.4) is 0 Å². The molecule has 1 amide bonds. The molecule has 2 aliphatic heterocycles. The Kier molecular flexibility index (Phi) is 5.00. The fourth-order valence-corrected chi connectivity index (χ4v) is 4.38. The zero-order chi connectivity index (χ0) is 19.0. The smallest absolute Gasteiger partial charge is 0.289 e. The van der Waals surface area contributed by atoms with Gasteiger partial charge in [-0.2, -0.15) is 0 Å². The third-order valence-corrected chi connectivity index (χ3v) is 5.80. The molecular formula is C21H29N5O. The summed E-state index contributed by atoms with van der Waals surface area (Å²) in [5.74, 6) is 2.48. The minimum atomic E-state index is -0.118. The summed E-state index contributed by atoms with van der Waals surface area (Å²) in [5, 5.41) is 11.4. The van der Waals surface area contributed by atoms with E-state index < -0.39 is 0 Å². The molecule has 1 aromatic heterocycles. The summed E-state index contributed by atoms with van der Waals surface area (Å²) in [4.78, 5) is 14.9. The third kappa shape index (κ3) is 3.76. The SMILES string of the molecule is CCc1ccc(CN2CC3Cc4nnc(C(=O)NC(C)C)n4CC3C2)cc1. The van der Waals surface area contributed by atoms with E-state index in [0.29, 0.717) is 17.7 Å². The lowest BCUT2D eigenvalue weighted by Gasteiger charge is -2.25. The zero-order valence-corrected chi connectivity index (χ0v) is 16.5. The van der Waals surface area contributed by atoms with Gasteiger partial charge in [0.05, 0.1) is 0 Å². The largest absolute Gasteiger partial charge is 0.347 e. The fraction of sp³-hybridized carbons (Fsp3) is 0.571. The van der Waals surface area contributed by atoms with Crippen molar-refractivity contribution in [2.45, 2.75) is 52.7 Å². The molecule has 2 aromatic rings. The second-order valence-corrected chi connectivity index (χ2v) is 8.27. The van der Waals surface area contributed by atoms with Crippen molar-refractivity contribution in [2.24, 2.45) is 11.8 Å². The summed E-state index contributed by atoms with van der Waals surface area (Å²) in [7, 11) is 0. The van der Waals surface area contributed by atoms with Crippen molar-refractivity contribution in [3.63, 3.8) is 0 Å². The van der Waals surface area contributed by atoms with Crippen LogP contribution in [-0.4, -0.2) is 44.7 Å². The normalized spacial score (nSPS) is 21.9. The number of carbonyl (C=O) groups excluding carboxylic acids is 1. The number of nitrogens with zero attached hydrogens (tertiary/aromatic N) is 4. The Hall–Kier alpha value is -2.21. The lowest BCUT2D eigenvalue weighted by molar-refractivity contribution is 0.0924. The first-order valence-electron chi connectivity index (χ1n) is 10.1. The topological polar surface area (TPSA) is 63.1 Å². The fourth-order valence-electron chi connectivity index (χ4n) is 4.38. The number of hydrogen-bond donors (Lipinski definition) is 1. The second-order valence-electron chi connectivity index (χ2n) is 8.27. The number of aromatic nitrogens is 3. The lowest BCUT2D eigenvalue weighted by Crippen LogP contribution is -2.35. The molecule has 4 rings (SSSR count). The van der Waals surface area contributed by atoms with Gasteiger partial charge in [0.1, 0.15) is 5.82 Å². The number of nitrogens with one attached hydrogen (secondary N) is 1. The average molecular weight is 367 g/mol. The van der Waals surface area contributed by atoms with Crippen LogP contribution in [0.15, 0.2) is 24.3 Å². The molecule has 0 saturated carbocycles. The molecule has 1 aromatic carbocycles. The third-order valence-electron chi connectivity index (χ3n) is 5.80. The zero-order valence-electron chi connectivity index (χ0n) is 16.5. The molecule has 0 bridgehead atoms. The summed E-state index contributed by atoms with van der Waals surface area (Å²) in [6, 6.07) is 9.08. The molecule has 27 heavy (non-hydrogen) atoms. The predicted octanol–water partition coefficient (Wildman–Crippen LogP) is 2.28. The summed E-state index contributed by atoms with van der Waals surface area (Å²) >= 11 is 0. The number of fused-ring (bicyclic) bond motifs is 2. The van der Waals surface area contributed by atoms with Crippen LogP contribution in [0.25, 0.3) is 0 Å². The van der Waals surface area contributed by atoms with E-state index in [2.05, 4.69) is 51.6 Å². The van der Waals surface area contributed by atoms with Gasteiger partial charge in [-0.05, 0) is 43.2 Å². The number of rotatable bonds is 5. The van der Waals surface area contributed by atoms with Crippen molar-refractivity contribution in [3.05, 3.63) is 47.0 Å². The maximum atomic E-state index is 12.4. The summed E-state index contributed by atoms with van der Waals surface area (Å²) in [6.45, 7) is 10.1. The Morgan fingerprint density at radius 2 is 1.81 bits per heavy atom. The van der Waals surface area contributed by atoms with Crippen LogP contribution in [0.2, 0.25) is 0 Å². The standard InChI is InChI=1S/C21H29N5O/c1-4-15-5-7-16(8-6-15)10-25-11-17-9-19-23-24-20(21(27)22-14(2)3)26(19)13-18(17)12-25/h5-8,14,17-18H,4,9-13H2,1-3H3,(H,22,27). The molecule has 0 spiro atoms. The maximum absolute atomic E-state index is 12.4. The van der Waals surface area contributed by atoms with E-state index in [0.717, 1.165) is 44.8 Å². The molecule has 0 radical (unpaired) electrons. The molecule has 2 unspecified atom stereocenters. The number of aryl methyl sites for hydroxylation is 1. The number of amides is 1. The molecule has 2 aliphatic rings. The van der Waals surface area contributed by atoms with Crippen LogP contribution < -0.4 is 5.32 Å². The maximum Gasteiger partial charge on any atom is 0.289 e. The van der Waals surface area contributed by atoms with Crippen molar-refractivity contribution < 1.29 is 4.79 Å². The number of carbonyl (C=O) groups is 1. The molecule has 6 heteroatoms. The average Bonchev–Trinajstić information content (AvgIpc) is 3.22. The van der Waals surface area contributed by atoms with Crippen molar-refractivity contribution in [2.75, 3.05) is 13.1 Å². The first-order valence-corrected chi connectivity index (χ1v) is 10.1. The second kappa shape index (κ2) is 7.43. The molecule has 6 nitrogen and oxygen atoms in total. The minimum absolute atomic E-state index is 0.0999. The van der Waals surface area contributed by atoms with Gasteiger partial charge in [-0.15, -0.1) is 10.2 Å². The van der Waals surface area contributed by atoms with Crippen molar-refractivity contribution >= 4 is 5.91 Å². The van der Waals surface area contributed by atoms with Crippen molar-refractivity contribution in [1.29, 1.82) is 0 Å². The van der Waals surface area contributed by atoms with E-state index in [9.17, 15) is 4.79 Å². The lowest BCUT2D eigenvalue weighted by atomic mass is 9.89. The van der Waals surface area contributed by atoms with Crippen LogP contribution in [0.1, 0.15) is 48.3 Å². The molecule has 2 atom stereocenters. The van der Waals surface area contributed by atoms with E-state index in [1.165, 1.54) is 11.1 Å². The molecule has 1 saturated heterocycles. The van der Waals surface area contributed by atoms with Gasteiger partial charge >= 0.3 is 0 Å². The Bertz CT molecular complexity index is 810. The Balaban J connectivity index is 1.42. The van der Waals surface area contributed by atoms with Gasteiger partial charge in [0, 0.05) is 38.6 Å². The van der Waals surface area contributed by atoms with Gasteiger partial charge in [0.2, 0.25) is 5.82 Å². The van der Waals surface area contributed by atoms with Crippen LogP contribution in [0.4, 0.5) is 0 Å². The highest BCUT2D eigenvalue weighted by Gasteiger charge is 2.39. The number of likely N-dealkylation sites (tertiary alicyclic amines) is 1. The van der Waals surface area contributed by atoms with E-state index in [1.54, 1.807) is 0 Å². The van der Waals surface area contributed by atoms with E-state index in [4.69, 9.17) is 0 Å². The Morgan fingerprint density at radius 3 is 2.52 bits per heavy atom. The quantitative estimate of drug-likeness (QED) is 0.881. The molecular weight excluding hydrogens is 338 g/mol. The Morgan fingerprint density at radius 1 is 1.11 bits per heavy atom. The number of benzene rings is 1. The van der Waals surface area contributed by atoms with Crippen LogP contribution >= 0.6 is 0 Å². The molecule has 1 fully saturated rings. The van der Waals surface area contributed by atoms with Gasteiger partial charge in [-0.1, -0.05) is 31.2 Å². The van der Waals surface area contributed by atoms with Gasteiger partial charge in [-0.25, -0.2) is 0 Å². The van der Waals surface area contributed by atoms with Gasteiger partial charge in [0.15, 0.2) is 0 Å². The molecule has 0 aliphatic carbocycles. The first-order chi connectivity index (χ1) is 13.0. The highest BCUT2D eigenvalue weighted by Crippen LogP contribution is 2.33. The van der Waals surface area contributed by atoms with Crippen LogP contribution in [0, 0.1) is 11.8 Å². The van der Waals surface area contributed by atoms with E-state index in [-0.39, 0.29) is 11.9 Å². The van der Waals surface area contributed by atoms with Crippen molar-refractivity contribution in [3.8, 4) is 0 Å². The Labute approximate surface area is 161 Å². The van der Waals surface area contributed by atoms with Gasteiger partial charge < -0.3 is 9.88 Å². The monoisotopic (exact) mass is 367 g/mol. The van der Waals surface area contributed by atoms with Gasteiger partial charge in [-0.3, -0.25) is 9.69 Å². The summed E-state index contributed by atoms with van der Waals surface area (Å²) in [6.07, 6.45) is 2.00. The first kappa shape index (κ1) is 18.2. The van der Waals surface area contributed by atoms with E-state index >= 15 is 0 Å². The summed E-state index contributed by atoms with van der Waals surface area (Å²) in [5.41, 5.74) is 2.77. The highest BCUT2D eigenvalue weighted by molar-refractivity contribution is 5.90.